The lowest BCUT2D eigenvalue weighted by atomic mass is 10.1. The van der Waals surface area contributed by atoms with Crippen molar-refractivity contribution in [3.8, 4) is 5.75 Å². The maximum absolute atomic E-state index is 9.68. The third-order valence-corrected chi connectivity index (χ3v) is 2.74. The van der Waals surface area contributed by atoms with Crippen molar-refractivity contribution in [1.82, 2.24) is 0 Å². The number of hydrogen-bond acceptors (Lipinski definition) is 4. The lowest BCUT2D eigenvalue weighted by Crippen LogP contribution is -2.08. The van der Waals surface area contributed by atoms with Crippen LogP contribution in [0, 0.1) is 6.92 Å². The van der Waals surface area contributed by atoms with Gasteiger partial charge in [0.15, 0.2) is 0 Å². The Morgan fingerprint density at radius 3 is 2.63 bits per heavy atom. The smallest absolute Gasteiger partial charge is 0.125 e. The van der Waals surface area contributed by atoms with Gasteiger partial charge >= 0.3 is 0 Å². The standard InChI is InChI=1S/C15H24O4/c1-12-5-6-14(13(2)16)15(11-12)19-8-4-7-18-10-9-17-3/h5-6,11,13,16H,4,7-10H2,1-3H3/t13-/m0/s1. The molecule has 0 radical (unpaired) electrons. The number of ether oxygens (including phenoxy) is 3. The Morgan fingerprint density at radius 2 is 1.95 bits per heavy atom. The van der Waals surface area contributed by atoms with Crippen molar-refractivity contribution in [1.29, 1.82) is 0 Å². The minimum absolute atomic E-state index is 0.520. The first-order valence-corrected chi connectivity index (χ1v) is 6.63. The van der Waals surface area contributed by atoms with E-state index >= 15 is 0 Å². The summed E-state index contributed by atoms with van der Waals surface area (Å²) in [7, 11) is 1.65. The first-order chi connectivity index (χ1) is 9.15. The summed E-state index contributed by atoms with van der Waals surface area (Å²) in [5.41, 5.74) is 1.95. The number of methoxy groups -OCH3 is 1. The van der Waals surface area contributed by atoms with Crippen LogP contribution in [-0.4, -0.2) is 38.6 Å². The number of hydrogen-bond donors (Lipinski definition) is 1. The van der Waals surface area contributed by atoms with Crippen LogP contribution in [0.15, 0.2) is 18.2 Å². The van der Waals surface area contributed by atoms with Gasteiger partial charge in [-0.3, -0.25) is 0 Å². The molecule has 0 amide bonds. The van der Waals surface area contributed by atoms with Crippen molar-refractivity contribution in [2.75, 3.05) is 33.5 Å². The number of aliphatic hydroxyl groups excluding tert-OH is 1. The molecule has 0 saturated heterocycles. The predicted molar refractivity (Wildman–Crippen MR) is 74.6 cm³/mol. The zero-order chi connectivity index (χ0) is 14.1. The summed E-state index contributed by atoms with van der Waals surface area (Å²) >= 11 is 0. The minimum atomic E-state index is -0.520. The maximum Gasteiger partial charge on any atom is 0.125 e. The minimum Gasteiger partial charge on any atom is -0.493 e. The van der Waals surface area contributed by atoms with Crippen LogP contribution in [0.2, 0.25) is 0 Å². The van der Waals surface area contributed by atoms with Crippen LogP contribution in [0.4, 0.5) is 0 Å². The highest BCUT2D eigenvalue weighted by Gasteiger charge is 2.09. The highest BCUT2D eigenvalue weighted by atomic mass is 16.5. The van der Waals surface area contributed by atoms with Crippen molar-refractivity contribution < 1.29 is 19.3 Å². The van der Waals surface area contributed by atoms with Crippen LogP contribution in [0.25, 0.3) is 0 Å². The second kappa shape index (κ2) is 8.91. The molecular formula is C15H24O4. The van der Waals surface area contributed by atoms with Crippen molar-refractivity contribution in [3.63, 3.8) is 0 Å². The number of benzene rings is 1. The predicted octanol–water partition coefficient (Wildman–Crippen LogP) is 2.48. The van der Waals surface area contributed by atoms with Crippen molar-refractivity contribution in [3.05, 3.63) is 29.3 Å². The van der Waals surface area contributed by atoms with Crippen molar-refractivity contribution in [2.45, 2.75) is 26.4 Å². The zero-order valence-electron chi connectivity index (χ0n) is 12.0. The Bertz CT molecular complexity index is 363. The van der Waals surface area contributed by atoms with Gasteiger partial charge in [0.25, 0.3) is 0 Å². The average molecular weight is 268 g/mol. The van der Waals surface area contributed by atoms with Crippen LogP contribution in [0.5, 0.6) is 5.75 Å². The molecule has 1 N–H and O–H groups in total. The van der Waals surface area contributed by atoms with Crippen molar-refractivity contribution in [2.24, 2.45) is 0 Å². The molecule has 0 aliphatic carbocycles. The van der Waals surface area contributed by atoms with E-state index in [1.165, 1.54) is 0 Å². The average Bonchev–Trinajstić information content (AvgIpc) is 2.37. The van der Waals surface area contributed by atoms with E-state index in [0.29, 0.717) is 26.4 Å². The van der Waals surface area contributed by atoms with E-state index in [-0.39, 0.29) is 0 Å². The largest absolute Gasteiger partial charge is 0.493 e. The fourth-order valence-electron chi connectivity index (χ4n) is 1.70. The molecule has 1 rings (SSSR count). The second-order valence-electron chi connectivity index (χ2n) is 4.52. The van der Waals surface area contributed by atoms with Gasteiger partial charge < -0.3 is 19.3 Å². The lowest BCUT2D eigenvalue weighted by molar-refractivity contribution is 0.0642. The van der Waals surface area contributed by atoms with E-state index in [4.69, 9.17) is 14.2 Å². The van der Waals surface area contributed by atoms with Crippen LogP contribution in [0.3, 0.4) is 0 Å². The number of rotatable bonds is 9. The highest BCUT2D eigenvalue weighted by Crippen LogP contribution is 2.26. The van der Waals surface area contributed by atoms with E-state index < -0.39 is 6.10 Å². The van der Waals surface area contributed by atoms with E-state index in [0.717, 1.165) is 23.3 Å². The Hall–Kier alpha value is -1.10. The quantitative estimate of drug-likeness (QED) is 0.699. The molecule has 0 fully saturated rings. The molecule has 1 aromatic carbocycles. The van der Waals surface area contributed by atoms with Gasteiger partial charge in [-0.15, -0.1) is 0 Å². The summed E-state index contributed by atoms with van der Waals surface area (Å²) < 4.78 is 16.0. The van der Waals surface area contributed by atoms with Gasteiger partial charge in [-0.05, 0) is 25.5 Å². The highest BCUT2D eigenvalue weighted by molar-refractivity contribution is 5.38. The van der Waals surface area contributed by atoms with Crippen LogP contribution in [0.1, 0.15) is 30.6 Å². The van der Waals surface area contributed by atoms with Crippen LogP contribution < -0.4 is 4.74 Å². The topological polar surface area (TPSA) is 47.9 Å². The van der Waals surface area contributed by atoms with Gasteiger partial charge in [0.1, 0.15) is 5.75 Å². The van der Waals surface area contributed by atoms with Gasteiger partial charge in [0.05, 0.1) is 25.9 Å². The molecule has 1 atom stereocenters. The lowest BCUT2D eigenvalue weighted by Gasteiger charge is -2.14. The monoisotopic (exact) mass is 268 g/mol. The Labute approximate surface area is 115 Å². The van der Waals surface area contributed by atoms with Gasteiger partial charge in [-0.2, -0.15) is 0 Å². The molecule has 0 aromatic heterocycles. The molecule has 0 heterocycles. The summed E-state index contributed by atoms with van der Waals surface area (Å²) in [6.45, 7) is 6.21. The fourth-order valence-corrected chi connectivity index (χ4v) is 1.70. The molecule has 108 valence electrons. The summed E-state index contributed by atoms with van der Waals surface area (Å²) in [6.07, 6.45) is 0.297. The molecule has 0 saturated carbocycles. The summed E-state index contributed by atoms with van der Waals surface area (Å²) in [4.78, 5) is 0. The Morgan fingerprint density at radius 1 is 1.16 bits per heavy atom. The maximum atomic E-state index is 9.68. The first kappa shape index (κ1) is 16.0. The van der Waals surface area contributed by atoms with Gasteiger partial charge in [0.2, 0.25) is 0 Å². The van der Waals surface area contributed by atoms with Gasteiger partial charge in [0, 0.05) is 25.7 Å². The molecule has 4 nitrogen and oxygen atoms in total. The second-order valence-corrected chi connectivity index (χ2v) is 4.52. The summed E-state index contributed by atoms with van der Waals surface area (Å²) in [6, 6.07) is 5.83. The van der Waals surface area contributed by atoms with E-state index in [2.05, 4.69) is 0 Å². The van der Waals surface area contributed by atoms with Gasteiger partial charge in [-0.25, -0.2) is 0 Å². The van der Waals surface area contributed by atoms with Crippen LogP contribution in [-0.2, 0) is 9.47 Å². The SMILES string of the molecule is COCCOCCCOc1cc(C)ccc1[C@H](C)O. The van der Waals surface area contributed by atoms with Gasteiger partial charge in [-0.1, -0.05) is 12.1 Å². The third kappa shape index (κ3) is 6.05. The molecule has 0 aliphatic heterocycles. The first-order valence-electron chi connectivity index (χ1n) is 6.63. The normalized spacial score (nSPS) is 12.4. The molecular weight excluding hydrogens is 244 g/mol. The molecule has 4 heteroatoms. The van der Waals surface area contributed by atoms with E-state index in [1.807, 2.05) is 25.1 Å². The summed E-state index contributed by atoms with van der Waals surface area (Å²) in [5, 5.41) is 9.68. The van der Waals surface area contributed by atoms with Crippen LogP contribution >= 0.6 is 0 Å². The van der Waals surface area contributed by atoms with Crippen molar-refractivity contribution >= 4 is 0 Å². The fraction of sp³-hybridized carbons (Fsp3) is 0.600. The van der Waals surface area contributed by atoms with E-state index in [1.54, 1.807) is 14.0 Å². The summed E-state index contributed by atoms with van der Waals surface area (Å²) in [5.74, 6) is 0.756. The molecule has 0 bridgehead atoms. The number of aliphatic hydroxyl groups is 1. The molecule has 0 unspecified atom stereocenters. The molecule has 1 aromatic rings. The zero-order valence-corrected chi connectivity index (χ0v) is 12.0. The molecule has 0 spiro atoms. The Kier molecular flexibility index (Phi) is 7.48. The molecule has 0 aliphatic rings. The molecule has 19 heavy (non-hydrogen) atoms. The Balaban J connectivity index is 2.34. The van der Waals surface area contributed by atoms with E-state index in [9.17, 15) is 5.11 Å². The number of aryl methyl sites for hydroxylation is 1. The third-order valence-electron chi connectivity index (χ3n) is 2.74.